The molecule has 3 heterocycles. The minimum Gasteiger partial charge on any atom is -0.384 e. The van der Waals surface area contributed by atoms with Crippen LogP contribution in [0.1, 0.15) is 44.6 Å². The fourth-order valence-electron chi connectivity index (χ4n) is 4.91. The summed E-state index contributed by atoms with van der Waals surface area (Å²) in [6.07, 6.45) is 10.5. The Morgan fingerprint density at radius 2 is 1.88 bits per heavy atom. The number of nitrogen functional groups attached to an aromatic ring is 1. The first kappa shape index (κ1) is 23.6. The Morgan fingerprint density at radius 3 is 2.56 bits per heavy atom. The molecule has 4 rings (SSSR count). The maximum absolute atomic E-state index is 13.5. The normalized spacial score (nSPS) is 21.5. The topological polar surface area (TPSA) is 134 Å². The van der Waals surface area contributed by atoms with E-state index in [0.29, 0.717) is 11.7 Å². The van der Waals surface area contributed by atoms with Crippen molar-refractivity contribution in [3.8, 4) is 0 Å². The van der Waals surface area contributed by atoms with E-state index in [9.17, 15) is 14.4 Å². The van der Waals surface area contributed by atoms with Crippen LogP contribution in [0, 0.1) is 11.8 Å². The molecule has 0 spiro atoms. The Labute approximate surface area is 199 Å². The van der Waals surface area contributed by atoms with E-state index >= 15 is 0 Å². The SMILES string of the molecule is C[C@@H](NC(=O)N1C(=O)[C@H](Cc2ccnc(N)c2)[C@H]1C(=O)N(C)c1ncccn1)C1CCCCC1. The third kappa shape index (κ3) is 4.85. The van der Waals surface area contributed by atoms with E-state index in [4.69, 9.17) is 5.73 Å². The first-order valence-corrected chi connectivity index (χ1v) is 11.8. The number of amides is 4. The quantitative estimate of drug-likeness (QED) is 0.624. The number of nitrogens with zero attached hydrogens (tertiary/aromatic N) is 5. The molecule has 3 N–H and O–H groups in total. The van der Waals surface area contributed by atoms with Gasteiger partial charge >= 0.3 is 6.03 Å². The minimum atomic E-state index is -0.964. The fourth-order valence-corrected chi connectivity index (χ4v) is 4.91. The first-order valence-electron chi connectivity index (χ1n) is 11.8. The monoisotopic (exact) mass is 465 g/mol. The molecule has 2 fully saturated rings. The number of likely N-dealkylation sites (N-methyl/N-ethyl adjacent to an activating group) is 1. The fraction of sp³-hybridized carbons (Fsp3) is 0.500. The van der Waals surface area contributed by atoms with Crippen molar-refractivity contribution in [2.24, 2.45) is 11.8 Å². The maximum atomic E-state index is 13.5. The number of hydrogen-bond donors (Lipinski definition) is 2. The summed E-state index contributed by atoms with van der Waals surface area (Å²) in [5.74, 6) is -0.592. The smallest absolute Gasteiger partial charge is 0.325 e. The zero-order valence-electron chi connectivity index (χ0n) is 19.6. The van der Waals surface area contributed by atoms with Gasteiger partial charge in [-0.15, -0.1) is 0 Å². The lowest BCUT2D eigenvalue weighted by atomic mass is 9.81. The summed E-state index contributed by atoms with van der Waals surface area (Å²) in [4.78, 5) is 54.4. The number of imide groups is 1. The maximum Gasteiger partial charge on any atom is 0.325 e. The number of β-lactam (4-membered cyclic amide) rings is 1. The molecule has 1 saturated carbocycles. The van der Waals surface area contributed by atoms with Crippen LogP contribution in [-0.4, -0.2) is 56.8 Å². The van der Waals surface area contributed by atoms with Gasteiger partial charge in [0, 0.05) is 31.7 Å². The zero-order chi connectivity index (χ0) is 24.2. The lowest BCUT2D eigenvalue weighted by molar-refractivity contribution is -0.156. The van der Waals surface area contributed by atoms with Crippen LogP contribution in [0.4, 0.5) is 16.6 Å². The molecular formula is C24H31N7O3. The molecule has 0 aromatic carbocycles. The molecule has 4 amide bonds. The van der Waals surface area contributed by atoms with Crippen LogP contribution in [0.3, 0.4) is 0 Å². The van der Waals surface area contributed by atoms with Crippen LogP contribution in [-0.2, 0) is 16.0 Å². The molecule has 2 aliphatic rings. The standard InChI is InChI=1S/C24H31N7O3/c1-15(17-7-4-3-5-8-17)29-24(34)31-20(22(33)30(2)23-27-10-6-11-28-23)18(21(31)32)13-16-9-12-26-19(25)14-16/h6,9-12,14-15,17-18,20H,3-5,7-8,13H2,1-2H3,(H2,25,26)(H,29,34)/t15-,18-,20+/m1/s1. The second-order valence-electron chi connectivity index (χ2n) is 9.13. The average molecular weight is 466 g/mol. The predicted molar refractivity (Wildman–Crippen MR) is 126 cm³/mol. The minimum absolute atomic E-state index is 0.0782. The van der Waals surface area contributed by atoms with E-state index in [1.165, 1.54) is 23.7 Å². The second kappa shape index (κ2) is 10.1. The summed E-state index contributed by atoms with van der Waals surface area (Å²) < 4.78 is 0. The van der Waals surface area contributed by atoms with Crippen LogP contribution in [0.2, 0.25) is 0 Å². The number of aromatic nitrogens is 3. The molecule has 10 heteroatoms. The summed E-state index contributed by atoms with van der Waals surface area (Å²) >= 11 is 0. The molecule has 2 aromatic rings. The number of carbonyl (C=O) groups is 3. The molecule has 1 aliphatic carbocycles. The number of pyridine rings is 1. The summed E-state index contributed by atoms with van der Waals surface area (Å²) in [7, 11) is 1.54. The van der Waals surface area contributed by atoms with Crippen molar-refractivity contribution in [3.63, 3.8) is 0 Å². The van der Waals surface area contributed by atoms with Gasteiger partial charge in [-0.25, -0.2) is 19.7 Å². The highest BCUT2D eigenvalue weighted by Gasteiger charge is 2.55. The molecule has 34 heavy (non-hydrogen) atoms. The van der Waals surface area contributed by atoms with Crippen LogP contribution in [0.15, 0.2) is 36.8 Å². The number of nitrogens with two attached hydrogens (primary N) is 1. The van der Waals surface area contributed by atoms with Gasteiger partial charge < -0.3 is 11.1 Å². The van der Waals surface area contributed by atoms with Crippen LogP contribution in [0.5, 0.6) is 0 Å². The van der Waals surface area contributed by atoms with E-state index in [0.717, 1.165) is 36.1 Å². The third-order valence-electron chi connectivity index (χ3n) is 6.88. The van der Waals surface area contributed by atoms with Gasteiger partial charge in [0.1, 0.15) is 11.9 Å². The number of rotatable bonds is 6. The van der Waals surface area contributed by atoms with E-state index in [2.05, 4.69) is 20.3 Å². The van der Waals surface area contributed by atoms with Crippen molar-refractivity contribution in [3.05, 3.63) is 42.4 Å². The van der Waals surface area contributed by atoms with Crippen LogP contribution < -0.4 is 16.0 Å². The van der Waals surface area contributed by atoms with Gasteiger partial charge in [0.25, 0.3) is 5.91 Å². The van der Waals surface area contributed by atoms with Crippen molar-refractivity contribution >= 4 is 29.6 Å². The summed E-state index contributed by atoms with van der Waals surface area (Å²) in [5, 5.41) is 2.97. The number of anilines is 2. The lowest BCUT2D eigenvalue weighted by Gasteiger charge is -2.46. The van der Waals surface area contributed by atoms with Gasteiger partial charge in [0.15, 0.2) is 0 Å². The number of carbonyl (C=O) groups excluding carboxylic acids is 3. The predicted octanol–water partition coefficient (Wildman–Crippen LogP) is 2.16. The Hall–Kier alpha value is -3.56. The van der Waals surface area contributed by atoms with Crippen molar-refractivity contribution < 1.29 is 14.4 Å². The van der Waals surface area contributed by atoms with E-state index in [1.807, 2.05) is 6.92 Å². The molecule has 0 radical (unpaired) electrons. The molecule has 1 aliphatic heterocycles. The van der Waals surface area contributed by atoms with Gasteiger partial charge in [0.05, 0.1) is 5.92 Å². The molecule has 3 atom stereocenters. The van der Waals surface area contributed by atoms with Crippen molar-refractivity contribution in [2.45, 2.75) is 57.5 Å². The van der Waals surface area contributed by atoms with Crippen molar-refractivity contribution in [1.82, 2.24) is 25.2 Å². The largest absolute Gasteiger partial charge is 0.384 e. The van der Waals surface area contributed by atoms with Crippen molar-refractivity contribution in [2.75, 3.05) is 17.7 Å². The number of likely N-dealkylation sites (tertiary alicyclic amines) is 1. The molecule has 180 valence electrons. The van der Waals surface area contributed by atoms with Crippen molar-refractivity contribution in [1.29, 1.82) is 0 Å². The molecule has 0 bridgehead atoms. The molecule has 2 aromatic heterocycles. The number of hydrogen-bond acceptors (Lipinski definition) is 7. The number of urea groups is 1. The van der Waals surface area contributed by atoms with Crippen LogP contribution >= 0.6 is 0 Å². The highest BCUT2D eigenvalue weighted by atomic mass is 16.2. The third-order valence-corrected chi connectivity index (χ3v) is 6.88. The zero-order valence-corrected chi connectivity index (χ0v) is 19.6. The van der Waals surface area contributed by atoms with Gasteiger partial charge in [-0.3, -0.25) is 19.4 Å². The first-order chi connectivity index (χ1) is 16.4. The highest BCUT2D eigenvalue weighted by Crippen LogP contribution is 2.33. The second-order valence-corrected chi connectivity index (χ2v) is 9.13. The Bertz CT molecular complexity index is 1040. The Kier molecular flexibility index (Phi) is 7.04. The van der Waals surface area contributed by atoms with E-state index < -0.39 is 23.9 Å². The van der Waals surface area contributed by atoms with E-state index in [-0.39, 0.29) is 24.3 Å². The molecular weight excluding hydrogens is 434 g/mol. The Balaban J connectivity index is 1.54. The highest BCUT2D eigenvalue weighted by molar-refractivity contribution is 6.12. The number of nitrogens with one attached hydrogen (secondary N) is 1. The van der Waals surface area contributed by atoms with E-state index in [1.54, 1.807) is 31.4 Å². The lowest BCUT2D eigenvalue weighted by Crippen LogP contribution is -2.71. The molecule has 10 nitrogen and oxygen atoms in total. The summed E-state index contributed by atoms with van der Waals surface area (Å²) in [5.41, 5.74) is 6.56. The van der Waals surface area contributed by atoms with Crippen LogP contribution in [0.25, 0.3) is 0 Å². The molecule has 1 saturated heterocycles. The molecule has 0 unspecified atom stereocenters. The summed E-state index contributed by atoms with van der Waals surface area (Å²) in [6, 6.07) is 3.50. The van der Waals surface area contributed by atoms with Gasteiger partial charge in [0.2, 0.25) is 11.9 Å². The average Bonchev–Trinajstić information content (AvgIpc) is 2.85. The Morgan fingerprint density at radius 1 is 1.18 bits per heavy atom. The van der Waals surface area contributed by atoms with Gasteiger partial charge in [-0.2, -0.15) is 0 Å². The van der Waals surface area contributed by atoms with Gasteiger partial charge in [-0.1, -0.05) is 19.3 Å². The summed E-state index contributed by atoms with van der Waals surface area (Å²) in [6.45, 7) is 1.97. The van der Waals surface area contributed by atoms with Gasteiger partial charge in [-0.05, 0) is 55.9 Å².